The number of rotatable bonds is 3. The fourth-order valence-corrected chi connectivity index (χ4v) is 2.98. The van der Waals surface area contributed by atoms with E-state index >= 15 is 0 Å². The smallest absolute Gasteiger partial charge is 0.345 e. The third-order valence-electron chi connectivity index (χ3n) is 4.08. The van der Waals surface area contributed by atoms with Gasteiger partial charge in [0.2, 0.25) is 5.79 Å². The molecule has 0 unspecified atom stereocenters. The third kappa shape index (κ3) is 3.31. The molecule has 114 valence electrons. The molecule has 4 nitrogen and oxygen atoms in total. The second-order valence-electron chi connectivity index (χ2n) is 6.36. The summed E-state index contributed by atoms with van der Waals surface area (Å²) in [5, 5.41) is 0. The molecular weight excluding hydrogens is 268 g/mol. The van der Waals surface area contributed by atoms with E-state index in [4.69, 9.17) is 14.2 Å². The summed E-state index contributed by atoms with van der Waals surface area (Å²) in [7, 11) is 0. The van der Waals surface area contributed by atoms with Crippen molar-refractivity contribution in [2.45, 2.75) is 51.7 Å². The Morgan fingerprint density at radius 1 is 1.19 bits per heavy atom. The van der Waals surface area contributed by atoms with Crippen LogP contribution in [0, 0.1) is 5.92 Å². The minimum atomic E-state index is -0.908. The van der Waals surface area contributed by atoms with Crippen molar-refractivity contribution < 1.29 is 19.0 Å². The van der Waals surface area contributed by atoms with Gasteiger partial charge in [-0.3, -0.25) is 0 Å². The average Bonchev–Trinajstić information content (AvgIpc) is 2.45. The van der Waals surface area contributed by atoms with E-state index < -0.39 is 5.79 Å². The molecule has 0 atom stereocenters. The molecule has 0 bridgehead atoms. The van der Waals surface area contributed by atoms with Gasteiger partial charge in [-0.25, -0.2) is 4.79 Å². The number of cyclic esters (lactones) is 1. The van der Waals surface area contributed by atoms with Crippen LogP contribution >= 0.6 is 0 Å². The summed E-state index contributed by atoms with van der Waals surface area (Å²) in [6.07, 6.45) is 6.42. The Morgan fingerprint density at radius 3 is 2.71 bits per heavy atom. The second kappa shape index (κ2) is 5.58. The summed E-state index contributed by atoms with van der Waals surface area (Å²) in [6, 6.07) is 5.36. The fourth-order valence-electron chi connectivity index (χ4n) is 2.98. The second-order valence-corrected chi connectivity index (χ2v) is 6.36. The van der Waals surface area contributed by atoms with Crippen molar-refractivity contribution in [1.29, 1.82) is 0 Å². The Kier molecular flexibility index (Phi) is 3.79. The first-order valence-electron chi connectivity index (χ1n) is 7.73. The number of carbonyl (C=O) groups excluding carboxylic acids is 1. The zero-order valence-electron chi connectivity index (χ0n) is 12.7. The monoisotopic (exact) mass is 290 g/mol. The lowest BCUT2D eigenvalue weighted by molar-refractivity contribution is -0.127. The first-order valence-corrected chi connectivity index (χ1v) is 7.73. The van der Waals surface area contributed by atoms with Crippen molar-refractivity contribution in [3.8, 4) is 11.5 Å². The van der Waals surface area contributed by atoms with Gasteiger partial charge < -0.3 is 14.2 Å². The molecule has 0 amide bonds. The summed E-state index contributed by atoms with van der Waals surface area (Å²) in [6.45, 7) is 4.17. The molecule has 3 rings (SSSR count). The molecule has 1 saturated carbocycles. The quantitative estimate of drug-likeness (QED) is 0.791. The SMILES string of the molecule is CC1(C)OC(=O)c2cc(OCC3CCCCC3)ccc2O1. The van der Waals surface area contributed by atoms with Gasteiger partial charge >= 0.3 is 5.97 Å². The molecule has 0 saturated heterocycles. The van der Waals surface area contributed by atoms with Crippen LogP contribution in [0.4, 0.5) is 0 Å². The Labute approximate surface area is 125 Å². The van der Waals surface area contributed by atoms with Gasteiger partial charge in [0.15, 0.2) is 0 Å². The summed E-state index contributed by atoms with van der Waals surface area (Å²) in [5.41, 5.74) is 0.440. The van der Waals surface area contributed by atoms with Crippen LogP contribution in [0.15, 0.2) is 18.2 Å². The lowest BCUT2D eigenvalue weighted by Gasteiger charge is -2.31. The van der Waals surface area contributed by atoms with Gasteiger partial charge in [0.1, 0.15) is 17.1 Å². The highest BCUT2D eigenvalue weighted by atomic mass is 16.7. The van der Waals surface area contributed by atoms with Gasteiger partial charge in [0, 0.05) is 13.8 Å². The highest BCUT2D eigenvalue weighted by Crippen LogP contribution is 2.34. The predicted octanol–water partition coefficient (Wildman–Crippen LogP) is 3.93. The summed E-state index contributed by atoms with van der Waals surface area (Å²) in [5.74, 6) is 0.635. The Bertz CT molecular complexity index is 530. The van der Waals surface area contributed by atoms with Crippen LogP contribution in [-0.2, 0) is 4.74 Å². The number of ether oxygens (including phenoxy) is 3. The zero-order chi connectivity index (χ0) is 14.9. The largest absolute Gasteiger partial charge is 0.493 e. The van der Waals surface area contributed by atoms with Crippen LogP contribution in [0.2, 0.25) is 0 Å². The molecular formula is C17H22O4. The van der Waals surface area contributed by atoms with Crippen molar-refractivity contribution in [2.24, 2.45) is 5.92 Å². The molecule has 0 N–H and O–H groups in total. The molecule has 1 heterocycles. The van der Waals surface area contributed by atoms with Crippen molar-refractivity contribution in [2.75, 3.05) is 6.61 Å². The minimum absolute atomic E-state index is 0.357. The van der Waals surface area contributed by atoms with E-state index in [2.05, 4.69) is 0 Å². The maximum Gasteiger partial charge on any atom is 0.345 e. The van der Waals surface area contributed by atoms with Crippen LogP contribution in [-0.4, -0.2) is 18.4 Å². The van der Waals surface area contributed by atoms with Gasteiger partial charge in [0.05, 0.1) is 6.61 Å². The number of hydrogen-bond acceptors (Lipinski definition) is 4. The summed E-state index contributed by atoms with van der Waals surface area (Å²) < 4.78 is 16.7. The van der Waals surface area contributed by atoms with Crippen LogP contribution in [0.3, 0.4) is 0 Å². The molecule has 0 spiro atoms. The van der Waals surface area contributed by atoms with Crippen LogP contribution in [0.5, 0.6) is 11.5 Å². The van der Waals surface area contributed by atoms with Crippen LogP contribution in [0.1, 0.15) is 56.3 Å². The molecule has 1 aliphatic heterocycles. The zero-order valence-corrected chi connectivity index (χ0v) is 12.7. The van der Waals surface area contributed by atoms with Gasteiger partial charge in [0.25, 0.3) is 0 Å². The average molecular weight is 290 g/mol. The Balaban J connectivity index is 1.68. The lowest BCUT2D eigenvalue weighted by Crippen LogP contribution is -2.38. The molecule has 1 aromatic carbocycles. The number of esters is 1. The van der Waals surface area contributed by atoms with Gasteiger partial charge in [-0.05, 0) is 37.0 Å². The first kappa shape index (κ1) is 14.2. The molecule has 1 fully saturated rings. The molecule has 2 aliphatic rings. The van der Waals surface area contributed by atoms with Gasteiger partial charge in [-0.15, -0.1) is 0 Å². The van der Waals surface area contributed by atoms with E-state index in [0.717, 1.165) is 6.61 Å². The maximum absolute atomic E-state index is 12.0. The first-order chi connectivity index (χ1) is 10.0. The van der Waals surface area contributed by atoms with Crippen molar-refractivity contribution in [3.63, 3.8) is 0 Å². The fraction of sp³-hybridized carbons (Fsp3) is 0.588. The van der Waals surface area contributed by atoms with E-state index in [1.807, 2.05) is 6.07 Å². The molecule has 1 aromatic rings. The standard InChI is InChI=1S/C17H22O4/c1-17(2)20-15-9-8-13(10-14(15)16(18)21-17)19-11-12-6-4-3-5-7-12/h8-10,12H,3-7,11H2,1-2H3. The van der Waals surface area contributed by atoms with E-state index in [1.54, 1.807) is 26.0 Å². The third-order valence-corrected chi connectivity index (χ3v) is 4.08. The normalized spacial score (nSPS) is 21.1. The summed E-state index contributed by atoms with van der Waals surface area (Å²) >= 11 is 0. The van der Waals surface area contributed by atoms with Crippen molar-refractivity contribution in [1.82, 2.24) is 0 Å². The number of hydrogen-bond donors (Lipinski definition) is 0. The molecule has 1 aliphatic carbocycles. The molecule has 4 heteroatoms. The van der Waals surface area contributed by atoms with E-state index in [0.29, 0.717) is 23.0 Å². The van der Waals surface area contributed by atoms with Crippen molar-refractivity contribution >= 4 is 5.97 Å². The predicted molar refractivity (Wildman–Crippen MR) is 78.6 cm³/mol. The number of benzene rings is 1. The number of carbonyl (C=O) groups is 1. The lowest BCUT2D eigenvalue weighted by atomic mass is 9.90. The highest BCUT2D eigenvalue weighted by molar-refractivity contribution is 5.94. The van der Waals surface area contributed by atoms with E-state index in [9.17, 15) is 4.79 Å². The summed E-state index contributed by atoms with van der Waals surface area (Å²) in [4.78, 5) is 12.0. The van der Waals surface area contributed by atoms with Crippen molar-refractivity contribution in [3.05, 3.63) is 23.8 Å². The van der Waals surface area contributed by atoms with E-state index in [-0.39, 0.29) is 5.97 Å². The topological polar surface area (TPSA) is 44.8 Å². The van der Waals surface area contributed by atoms with Crippen LogP contribution < -0.4 is 9.47 Å². The maximum atomic E-state index is 12.0. The molecule has 0 aromatic heterocycles. The number of fused-ring (bicyclic) bond motifs is 1. The van der Waals surface area contributed by atoms with Gasteiger partial charge in [-0.2, -0.15) is 0 Å². The van der Waals surface area contributed by atoms with E-state index in [1.165, 1.54) is 32.1 Å². The molecule has 21 heavy (non-hydrogen) atoms. The van der Waals surface area contributed by atoms with Gasteiger partial charge in [-0.1, -0.05) is 19.3 Å². The minimum Gasteiger partial charge on any atom is -0.493 e. The Morgan fingerprint density at radius 2 is 1.95 bits per heavy atom. The molecule has 0 radical (unpaired) electrons. The Hall–Kier alpha value is -1.71. The van der Waals surface area contributed by atoms with Crippen LogP contribution in [0.25, 0.3) is 0 Å². The highest BCUT2D eigenvalue weighted by Gasteiger charge is 2.34.